The molecule has 0 radical (unpaired) electrons. The van der Waals surface area contributed by atoms with Crippen LogP contribution in [0.15, 0.2) is 30.5 Å². The number of aromatic nitrogens is 1. The molecule has 0 saturated carbocycles. The van der Waals surface area contributed by atoms with E-state index in [0.717, 1.165) is 10.9 Å². The SMILES string of the molecule is COC(=O)CC(=O)c1cccc2cc[nH]c12. The van der Waals surface area contributed by atoms with Crippen LogP contribution in [0.2, 0.25) is 0 Å². The van der Waals surface area contributed by atoms with E-state index in [-0.39, 0.29) is 12.2 Å². The van der Waals surface area contributed by atoms with Gasteiger partial charge in [-0.05, 0) is 12.1 Å². The van der Waals surface area contributed by atoms with Crippen molar-refractivity contribution >= 4 is 22.7 Å². The van der Waals surface area contributed by atoms with E-state index in [0.29, 0.717) is 5.56 Å². The minimum Gasteiger partial charge on any atom is -0.469 e. The first-order chi connectivity index (χ1) is 7.72. The lowest BCUT2D eigenvalue weighted by Gasteiger charge is -2.01. The minimum atomic E-state index is -0.520. The first kappa shape index (κ1) is 10.4. The lowest BCUT2D eigenvalue weighted by Crippen LogP contribution is -2.09. The van der Waals surface area contributed by atoms with Crippen molar-refractivity contribution in [1.29, 1.82) is 0 Å². The number of ether oxygens (including phenoxy) is 1. The first-order valence-electron chi connectivity index (χ1n) is 4.88. The van der Waals surface area contributed by atoms with Crippen molar-refractivity contribution in [3.05, 3.63) is 36.0 Å². The lowest BCUT2D eigenvalue weighted by molar-refractivity contribution is -0.139. The normalized spacial score (nSPS) is 10.3. The molecule has 0 bridgehead atoms. The number of Topliss-reactive ketones (excluding diaryl/α,β-unsaturated/α-hetero) is 1. The van der Waals surface area contributed by atoms with Crippen LogP contribution in [0.4, 0.5) is 0 Å². The zero-order valence-corrected chi connectivity index (χ0v) is 8.82. The summed E-state index contributed by atoms with van der Waals surface area (Å²) in [5, 5.41) is 0.954. The molecule has 0 amide bonds. The monoisotopic (exact) mass is 217 g/mol. The summed E-state index contributed by atoms with van der Waals surface area (Å²) < 4.78 is 4.47. The standard InChI is InChI=1S/C12H11NO3/c1-16-11(15)7-10(14)9-4-2-3-8-5-6-13-12(8)9/h2-6,13H,7H2,1H3. The van der Waals surface area contributed by atoms with Crippen molar-refractivity contribution < 1.29 is 14.3 Å². The van der Waals surface area contributed by atoms with Gasteiger partial charge in [0.1, 0.15) is 6.42 Å². The van der Waals surface area contributed by atoms with Crippen LogP contribution in [-0.4, -0.2) is 23.8 Å². The van der Waals surface area contributed by atoms with E-state index in [1.165, 1.54) is 7.11 Å². The summed E-state index contributed by atoms with van der Waals surface area (Å²) >= 11 is 0. The number of fused-ring (bicyclic) bond motifs is 1. The molecule has 0 saturated heterocycles. The highest BCUT2D eigenvalue weighted by atomic mass is 16.5. The van der Waals surface area contributed by atoms with Gasteiger partial charge in [0, 0.05) is 17.1 Å². The zero-order chi connectivity index (χ0) is 11.5. The number of nitrogens with one attached hydrogen (secondary N) is 1. The largest absolute Gasteiger partial charge is 0.469 e. The van der Waals surface area contributed by atoms with Crippen LogP contribution in [0.3, 0.4) is 0 Å². The number of para-hydroxylation sites is 1. The molecule has 4 heteroatoms. The van der Waals surface area contributed by atoms with Gasteiger partial charge in [-0.15, -0.1) is 0 Å². The summed E-state index contributed by atoms with van der Waals surface area (Å²) in [5.74, 6) is -0.756. The Morgan fingerprint density at radius 3 is 2.88 bits per heavy atom. The number of carbonyl (C=O) groups is 2. The van der Waals surface area contributed by atoms with Gasteiger partial charge in [-0.3, -0.25) is 9.59 Å². The van der Waals surface area contributed by atoms with Crippen LogP contribution in [0.1, 0.15) is 16.8 Å². The molecule has 0 spiro atoms. The molecular formula is C12H11NO3. The van der Waals surface area contributed by atoms with Gasteiger partial charge in [-0.1, -0.05) is 12.1 Å². The van der Waals surface area contributed by atoms with Crippen LogP contribution in [0.5, 0.6) is 0 Å². The second kappa shape index (κ2) is 4.18. The molecule has 2 aromatic rings. The van der Waals surface area contributed by atoms with Gasteiger partial charge in [0.25, 0.3) is 0 Å². The Morgan fingerprint density at radius 2 is 2.12 bits per heavy atom. The number of carbonyl (C=O) groups excluding carboxylic acids is 2. The smallest absolute Gasteiger partial charge is 0.313 e. The summed E-state index contributed by atoms with van der Waals surface area (Å²) in [4.78, 5) is 25.8. The van der Waals surface area contributed by atoms with Crippen LogP contribution >= 0.6 is 0 Å². The third kappa shape index (κ3) is 1.82. The van der Waals surface area contributed by atoms with Gasteiger partial charge in [0.05, 0.1) is 12.6 Å². The predicted octanol–water partition coefficient (Wildman–Crippen LogP) is 1.91. The maximum atomic E-state index is 11.8. The Balaban J connectivity index is 2.36. The van der Waals surface area contributed by atoms with Crippen molar-refractivity contribution in [3.63, 3.8) is 0 Å². The van der Waals surface area contributed by atoms with E-state index in [2.05, 4.69) is 9.72 Å². The third-order valence-electron chi connectivity index (χ3n) is 2.42. The number of rotatable bonds is 3. The summed E-state index contributed by atoms with van der Waals surface area (Å²) in [6.45, 7) is 0. The quantitative estimate of drug-likeness (QED) is 0.485. The first-order valence-corrected chi connectivity index (χ1v) is 4.88. The van der Waals surface area contributed by atoms with Crippen molar-refractivity contribution in [2.24, 2.45) is 0 Å². The molecule has 0 unspecified atom stereocenters. The average Bonchev–Trinajstić information content (AvgIpc) is 2.76. The fraction of sp³-hybridized carbons (Fsp3) is 0.167. The molecule has 4 nitrogen and oxygen atoms in total. The summed E-state index contributed by atoms with van der Waals surface area (Å²) in [7, 11) is 1.27. The van der Waals surface area contributed by atoms with E-state index in [4.69, 9.17) is 0 Å². The fourth-order valence-electron chi connectivity index (χ4n) is 1.62. The highest BCUT2D eigenvalue weighted by molar-refractivity contribution is 6.12. The summed E-state index contributed by atoms with van der Waals surface area (Å²) in [6, 6.07) is 7.27. The number of esters is 1. The predicted molar refractivity (Wildman–Crippen MR) is 59.3 cm³/mol. The van der Waals surface area contributed by atoms with E-state index < -0.39 is 5.97 Å². The molecule has 1 heterocycles. The molecule has 1 N–H and O–H groups in total. The van der Waals surface area contributed by atoms with Gasteiger partial charge in [0.2, 0.25) is 0 Å². The summed E-state index contributed by atoms with van der Waals surface area (Å²) in [5.41, 5.74) is 1.28. The van der Waals surface area contributed by atoms with Crippen molar-refractivity contribution in [3.8, 4) is 0 Å². The Morgan fingerprint density at radius 1 is 1.31 bits per heavy atom. The highest BCUT2D eigenvalue weighted by Crippen LogP contribution is 2.18. The fourth-order valence-corrected chi connectivity index (χ4v) is 1.62. The van der Waals surface area contributed by atoms with Crippen LogP contribution in [-0.2, 0) is 9.53 Å². The van der Waals surface area contributed by atoms with Crippen molar-refractivity contribution in [2.75, 3.05) is 7.11 Å². The summed E-state index contributed by atoms with van der Waals surface area (Å²) in [6.07, 6.45) is 1.54. The number of methoxy groups -OCH3 is 1. The van der Waals surface area contributed by atoms with E-state index >= 15 is 0 Å². The van der Waals surface area contributed by atoms with Crippen LogP contribution < -0.4 is 0 Å². The van der Waals surface area contributed by atoms with Gasteiger partial charge >= 0.3 is 5.97 Å². The van der Waals surface area contributed by atoms with E-state index in [1.54, 1.807) is 18.3 Å². The molecule has 16 heavy (non-hydrogen) atoms. The zero-order valence-electron chi connectivity index (χ0n) is 8.82. The second-order valence-electron chi connectivity index (χ2n) is 3.42. The molecule has 1 aromatic carbocycles. The van der Waals surface area contributed by atoms with Crippen LogP contribution in [0.25, 0.3) is 10.9 Å². The Kier molecular flexibility index (Phi) is 2.72. The number of H-pyrrole nitrogens is 1. The maximum absolute atomic E-state index is 11.8. The average molecular weight is 217 g/mol. The molecule has 0 aliphatic carbocycles. The minimum absolute atomic E-state index is 0.228. The number of ketones is 1. The topological polar surface area (TPSA) is 59.2 Å². The number of hydrogen-bond acceptors (Lipinski definition) is 3. The van der Waals surface area contributed by atoms with E-state index in [9.17, 15) is 9.59 Å². The van der Waals surface area contributed by atoms with Crippen molar-refractivity contribution in [1.82, 2.24) is 4.98 Å². The van der Waals surface area contributed by atoms with Crippen LogP contribution in [0, 0.1) is 0 Å². The van der Waals surface area contributed by atoms with Gasteiger partial charge in [0.15, 0.2) is 5.78 Å². The van der Waals surface area contributed by atoms with E-state index in [1.807, 2.05) is 12.1 Å². The Bertz CT molecular complexity index is 542. The molecule has 0 aliphatic rings. The highest BCUT2D eigenvalue weighted by Gasteiger charge is 2.14. The molecule has 0 atom stereocenters. The molecule has 1 aromatic heterocycles. The van der Waals surface area contributed by atoms with Gasteiger partial charge in [-0.25, -0.2) is 0 Å². The lowest BCUT2D eigenvalue weighted by atomic mass is 10.1. The number of benzene rings is 1. The maximum Gasteiger partial charge on any atom is 0.313 e. The van der Waals surface area contributed by atoms with Gasteiger partial charge < -0.3 is 9.72 Å². The Labute approximate surface area is 92.2 Å². The molecule has 82 valence electrons. The second-order valence-corrected chi connectivity index (χ2v) is 3.42. The Hall–Kier alpha value is -2.10. The van der Waals surface area contributed by atoms with Crippen molar-refractivity contribution in [2.45, 2.75) is 6.42 Å². The molecule has 2 rings (SSSR count). The molecule has 0 fully saturated rings. The molecule has 0 aliphatic heterocycles. The number of aromatic amines is 1. The third-order valence-corrected chi connectivity index (χ3v) is 2.42. The van der Waals surface area contributed by atoms with Gasteiger partial charge in [-0.2, -0.15) is 0 Å². The number of hydrogen-bond donors (Lipinski definition) is 1. The molecular weight excluding hydrogens is 206 g/mol.